The number of methoxy groups -OCH3 is 2. The van der Waals surface area contributed by atoms with Crippen molar-refractivity contribution in [2.45, 2.75) is 94.5 Å². The van der Waals surface area contributed by atoms with Crippen LogP contribution in [0.1, 0.15) is 79.4 Å². The third kappa shape index (κ3) is 9.79. The van der Waals surface area contributed by atoms with E-state index in [0.717, 1.165) is 10.8 Å². The minimum atomic E-state index is -2.18. The number of alkyl halides is 1. The van der Waals surface area contributed by atoms with Gasteiger partial charge in [0.15, 0.2) is 19.2 Å². The third-order valence-corrected chi connectivity index (χ3v) is 12.1. The number of carbonyl (C=O) groups is 1. The van der Waals surface area contributed by atoms with Crippen LogP contribution in [0.3, 0.4) is 0 Å². The Morgan fingerprint density at radius 2 is 1.45 bits per heavy atom. The fourth-order valence-electron chi connectivity index (χ4n) is 9.21. The van der Waals surface area contributed by atoms with Crippen LogP contribution >= 0.6 is 0 Å². The molecule has 3 N–H and O–H groups in total. The molecule has 2 fully saturated rings. The number of para-hydroxylation sites is 1. The second kappa shape index (κ2) is 19.7. The Hall–Kier alpha value is -6.28. The number of hydrogen-bond acceptors (Lipinski definition) is 13. The molecular formula is C48H54FN5O12. The molecule has 1 amide bonds. The molecular weight excluding hydrogens is 858 g/mol. The number of piperidine rings is 1. The highest BCUT2D eigenvalue weighted by molar-refractivity contribution is 5.93. The Morgan fingerprint density at radius 1 is 0.894 bits per heavy atom. The molecule has 4 unspecified atom stereocenters. The van der Waals surface area contributed by atoms with E-state index in [0.29, 0.717) is 46.6 Å². The number of halogens is 1. The molecule has 0 radical (unpaired) electrons. The van der Waals surface area contributed by atoms with Gasteiger partial charge < -0.3 is 34.1 Å². The number of hydroxylamine groups is 2. The zero-order valence-corrected chi connectivity index (χ0v) is 37.5. The SMILES string of the molecule is COc1ccc(C(OCC2OC(n3cc(C(=O)NC4CC(C)(C)N(OCOCc5ccccc5[N+](=O)[O-])C(C)(C)C4)c(=O)[nH]c3=O)C(F)C2O)(c2ccccc2)c2ccc(OC)cc2)cc1. The van der Waals surface area contributed by atoms with Crippen molar-refractivity contribution < 1.29 is 47.7 Å². The van der Waals surface area contributed by atoms with Gasteiger partial charge in [0.05, 0.1) is 37.9 Å². The largest absolute Gasteiger partial charge is 0.497 e. The number of benzene rings is 4. The number of carbonyl (C=O) groups excluding carboxylic acids is 1. The van der Waals surface area contributed by atoms with Crippen LogP contribution < -0.4 is 26.0 Å². The highest BCUT2D eigenvalue weighted by atomic mass is 19.1. The van der Waals surface area contributed by atoms with E-state index in [-0.39, 0.29) is 25.7 Å². The molecule has 0 saturated carbocycles. The second-order valence-electron chi connectivity index (χ2n) is 17.5. The Morgan fingerprint density at radius 3 is 2.03 bits per heavy atom. The molecule has 2 saturated heterocycles. The molecule has 2 aliphatic rings. The smallest absolute Gasteiger partial charge is 0.330 e. The van der Waals surface area contributed by atoms with Gasteiger partial charge in [0.2, 0.25) is 0 Å². The van der Waals surface area contributed by atoms with Crippen LogP contribution in [0.25, 0.3) is 0 Å². The minimum Gasteiger partial charge on any atom is -0.497 e. The summed E-state index contributed by atoms with van der Waals surface area (Å²) in [5, 5.41) is 27.4. The summed E-state index contributed by atoms with van der Waals surface area (Å²) in [5.41, 5.74) is -2.84. The van der Waals surface area contributed by atoms with Gasteiger partial charge in [-0.1, -0.05) is 66.7 Å². The van der Waals surface area contributed by atoms with E-state index in [1.807, 2.05) is 82.3 Å². The van der Waals surface area contributed by atoms with Gasteiger partial charge in [-0.3, -0.25) is 34.1 Å². The van der Waals surface area contributed by atoms with Gasteiger partial charge in [0.25, 0.3) is 17.2 Å². The molecule has 18 heteroatoms. The van der Waals surface area contributed by atoms with Gasteiger partial charge >= 0.3 is 5.69 Å². The van der Waals surface area contributed by atoms with Crippen molar-refractivity contribution in [3.63, 3.8) is 0 Å². The zero-order chi connectivity index (χ0) is 47.4. The fraction of sp³-hybridized carbons (Fsp3) is 0.396. The first-order valence-electron chi connectivity index (χ1n) is 21.3. The van der Waals surface area contributed by atoms with Crippen molar-refractivity contribution in [2.24, 2.45) is 0 Å². The maximum atomic E-state index is 16.3. The van der Waals surface area contributed by atoms with Crippen molar-refractivity contribution in [3.05, 3.63) is 168 Å². The number of amides is 1. The number of nitro groups is 1. The molecule has 350 valence electrons. The summed E-state index contributed by atoms with van der Waals surface area (Å²) < 4.78 is 46.4. The van der Waals surface area contributed by atoms with Crippen molar-refractivity contribution in [1.29, 1.82) is 0 Å². The molecule has 7 rings (SSSR count). The van der Waals surface area contributed by atoms with E-state index < -0.39 is 75.0 Å². The van der Waals surface area contributed by atoms with Gasteiger partial charge in [-0.25, -0.2) is 9.18 Å². The molecule has 0 bridgehead atoms. The average Bonchev–Trinajstić information content (AvgIpc) is 3.57. The lowest BCUT2D eigenvalue weighted by molar-refractivity contribution is -0.386. The van der Waals surface area contributed by atoms with Crippen molar-refractivity contribution in [2.75, 3.05) is 27.6 Å². The summed E-state index contributed by atoms with van der Waals surface area (Å²) in [6.45, 7) is 7.01. The monoisotopic (exact) mass is 911 g/mol. The predicted molar refractivity (Wildman–Crippen MR) is 239 cm³/mol. The van der Waals surface area contributed by atoms with Gasteiger partial charge in [-0.15, -0.1) is 0 Å². The number of ether oxygens (including phenoxy) is 5. The number of H-pyrrole nitrogens is 1. The van der Waals surface area contributed by atoms with Crippen LogP contribution in [0.2, 0.25) is 0 Å². The summed E-state index contributed by atoms with van der Waals surface area (Å²) in [6.07, 6.45) is -5.38. The molecule has 17 nitrogen and oxygen atoms in total. The molecule has 5 aromatic rings. The van der Waals surface area contributed by atoms with E-state index in [1.54, 1.807) is 61.7 Å². The summed E-state index contributed by atoms with van der Waals surface area (Å²) in [5.74, 6) is 0.399. The highest BCUT2D eigenvalue weighted by Gasteiger charge is 2.49. The van der Waals surface area contributed by atoms with E-state index in [9.17, 15) is 29.6 Å². The van der Waals surface area contributed by atoms with Crippen molar-refractivity contribution in [1.82, 2.24) is 19.9 Å². The molecule has 2 aliphatic heterocycles. The number of aliphatic hydroxyl groups is 1. The van der Waals surface area contributed by atoms with Gasteiger partial charge in [0.1, 0.15) is 34.9 Å². The van der Waals surface area contributed by atoms with Gasteiger partial charge in [-0.05, 0) is 87.6 Å². The lowest BCUT2D eigenvalue weighted by Crippen LogP contribution is -2.64. The Balaban J connectivity index is 1.07. The molecule has 66 heavy (non-hydrogen) atoms. The Bertz CT molecular complexity index is 2540. The number of aromatic amines is 1. The lowest BCUT2D eigenvalue weighted by atomic mass is 9.79. The predicted octanol–water partition coefficient (Wildman–Crippen LogP) is 5.92. The lowest BCUT2D eigenvalue weighted by Gasteiger charge is -2.53. The van der Waals surface area contributed by atoms with Crippen LogP contribution in [0.5, 0.6) is 11.5 Å². The zero-order valence-electron chi connectivity index (χ0n) is 37.5. The van der Waals surface area contributed by atoms with Crippen LogP contribution in [0.4, 0.5) is 10.1 Å². The molecule has 1 aromatic heterocycles. The van der Waals surface area contributed by atoms with E-state index >= 15 is 4.39 Å². The number of nitro benzene ring substituents is 1. The van der Waals surface area contributed by atoms with E-state index in [1.165, 1.54) is 6.07 Å². The summed E-state index contributed by atoms with van der Waals surface area (Å²) in [7, 11) is 3.11. The molecule has 4 atom stereocenters. The highest BCUT2D eigenvalue weighted by Crippen LogP contribution is 2.43. The number of hydrogen-bond donors (Lipinski definition) is 3. The fourth-order valence-corrected chi connectivity index (χ4v) is 9.21. The number of rotatable bonds is 17. The van der Waals surface area contributed by atoms with Crippen LogP contribution in [0, 0.1) is 10.1 Å². The first-order valence-corrected chi connectivity index (χ1v) is 21.3. The third-order valence-electron chi connectivity index (χ3n) is 12.1. The number of aliphatic hydroxyl groups excluding tert-OH is 1. The number of nitrogens with zero attached hydrogens (tertiary/aromatic N) is 3. The van der Waals surface area contributed by atoms with Crippen molar-refractivity contribution in [3.8, 4) is 11.5 Å². The average molecular weight is 912 g/mol. The summed E-state index contributed by atoms with van der Waals surface area (Å²) >= 11 is 0. The van der Waals surface area contributed by atoms with Crippen LogP contribution in [0.15, 0.2) is 119 Å². The maximum absolute atomic E-state index is 16.3. The van der Waals surface area contributed by atoms with Gasteiger partial charge in [-0.2, -0.15) is 5.06 Å². The standard InChI is InChI=1S/C48H54FN5O12/c1-46(2)24-34(25-47(3,4)54(46)65-29-63-27-30-12-10-11-15-38(30)53(59)60)50-42(56)37-26-52(45(58)51-43(37)57)44-40(49)41(55)39(66-44)28-64-48(31-13-8-7-9-14-31,32-16-20-35(61-5)21-17-32)33-18-22-36(62-6)23-19-33/h7-23,26,34,39-41,44,55H,24-25,27-29H2,1-6H3,(H,50,56)(H,51,57,58). The quantitative estimate of drug-likeness (QED) is 0.0326. The second-order valence-corrected chi connectivity index (χ2v) is 17.5. The van der Waals surface area contributed by atoms with Crippen LogP contribution in [-0.4, -0.2) is 93.7 Å². The number of aromatic nitrogens is 2. The Labute approximate surface area is 380 Å². The first-order chi connectivity index (χ1) is 31.5. The van der Waals surface area contributed by atoms with E-state index in [2.05, 4.69) is 10.3 Å². The maximum Gasteiger partial charge on any atom is 0.330 e. The van der Waals surface area contributed by atoms with Gasteiger partial charge in [0, 0.05) is 29.4 Å². The summed E-state index contributed by atoms with van der Waals surface area (Å²) in [4.78, 5) is 59.5. The Kier molecular flexibility index (Phi) is 14.2. The minimum absolute atomic E-state index is 0.0478. The summed E-state index contributed by atoms with van der Waals surface area (Å²) in [6, 6.07) is 29.6. The molecule has 4 aromatic carbocycles. The van der Waals surface area contributed by atoms with E-state index in [4.69, 9.17) is 28.5 Å². The molecule has 0 aliphatic carbocycles. The molecule has 3 heterocycles. The topological polar surface area (TPSA) is 206 Å². The number of nitrogens with one attached hydrogen (secondary N) is 2. The van der Waals surface area contributed by atoms with Crippen LogP contribution in [-0.2, 0) is 31.3 Å². The van der Waals surface area contributed by atoms with Crippen molar-refractivity contribution >= 4 is 11.6 Å². The normalized spacial score (nSPS) is 20.7. The molecule has 0 spiro atoms. The first kappa shape index (κ1) is 47.7.